The number of nitrogens with zero attached hydrogens (tertiary/aromatic N) is 1. The molecule has 2 heteroatoms. The number of hydrogen-bond donors (Lipinski definition) is 0. The first kappa shape index (κ1) is 9.16. The molecule has 0 atom stereocenters. The maximum Gasteiger partial charge on any atom is 0.123 e. The molecule has 0 bridgehead atoms. The van der Waals surface area contributed by atoms with Crippen LogP contribution >= 0.6 is 11.3 Å². The lowest BCUT2D eigenvalue weighted by Crippen LogP contribution is -1.86. The summed E-state index contributed by atoms with van der Waals surface area (Å²) in [6, 6.07) is 8.33. The third kappa shape index (κ3) is 1.75. The van der Waals surface area contributed by atoms with Crippen molar-refractivity contribution in [3.05, 3.63) is 54.1 Å². The van der Waals surface area contributed by atoms with E-state index in [1.54, 1.807) is 11.3 Å². The lowest BCUT2D eigenvalue weighted by Gasteiger charge is -2.03. The fourth-order valence-corrected chi connectivity index (χ4v) is 2.12. The normalized spacial score (nSPS) is 10.0. The van der Waals surface area contributed by atoms with Crippen LogP contribution in [0.15, 0.2) is 48.5 Å². The van der Waals surface area contributed by atoms with Crippen LogP contribution in [0.4, 0.5) is 0 Å². The number of benzene rings is 1. The average molecular weight is 201 g/mol. The lowest BCUT2D eigenvalue weighted by atomic mass is 10.1. The second kappa shape index (κ2) is 4.20. The zero-order valence-corrected chi connectivity index (χ0v) is 8.63. The highest BCUT2D eigenvalue weighted by Crippen LogP contribution is 2.25. The van der Waals surface area contributed by atoms with Gasteiger partial charge in [-0.2, -0.15) is 0 Å². The predicted molar refractivity (Wildman–Crippen MR) is 61.5 cm³/mol. The Bertz CT molecular complexity index is 418. The minimum atomic E-state index is 0.899. The van der Waals surface area contributed by atoms with Gasteiger partial charge >= 0.3 is 0 Å². The molecule has 0 saturated carbocycles. The number of hydrogen-bond acceptors (Lipinski definition) is 2. The second-order valence-electron chi connectivity index (χ2n) is 2.99. The molecule has 1 nitrogen and oxygen atoms in total. The summed E-state index contributed by atoms with van der Waals surface area (Å²) in [6.45, 7) is 3.76. The van der Waals surface area contributed by atoms with Gasteiger partial charge in [0, 0.05) is 17.1 Å². The maximum atomic E-state index is 4.31. The van der Waals surface area contributed by atoms with Gasteiger partial charge in [-0.3, -0.25) is 0 Å². The zero-order valence-electron chi connectivity index (χ0n) is 7.81. The minimum Gasteiger partial charge on any atom is -0.245 e. The van der Waals surface area contributed by atoms with Gasteiger partial charge in [-0.1, -0.05) is 30.3 Å². The SMILES string of the molecule is C=CCc1ccccc1-c1nccs1. The van der Waals surface area contributed by atoms with Crippen molar-refractivity contribution in [3.8, 4) is 10.6 Å². The monoisotopic (exact) mass is 201 g/mol. The molecule has 2 aromatic rings. The van der Waals surface area contributed by atoms with Gasteiger partial charge in [0.25, 0.3) is 0 Å². The van der Waals surface area contributed by atoms with Crippen molar-refractivity contribution in [1.29, 1.82) is 0 Å². The highest BCUT2D eigenvalue weighted by atomic mass is 32.1. The minimum absolute atomic E-state index is 0.899. The molecule has 14 heavy (non-hydrogen) atoms. The molecule has 0 spiro atoms. The molecule has 1 aromatic carbocycles. The molecule has 1 aromatic heterocycles. The molecule has 1 heterocycles. The number of aromatic nitrogens is 1. The van der Waals surface area contributed by atoms with Crippen LogP contribution in [0, 0.1) is 0 Å². The van der Waals surface area contributed by atoms with Crippen LogP contribution in [0.5, 0.6) is 0 Å². The number of allylic oxidation sites excluding steroid dienone is 1. The van der Waals surface area contributed by atoms with Crippen molar-refractivity contribution in [2.45, 2.75) is 6.42 Å². The van der Waals surface area contributed by atoms with Crippen molar-refractivity contribution in [2.75, 3.05) is 0 Å². The van der Waals surface area contributed by atoms with Gasteiger partial charge in [-0.05, 0) is 12.0 Å². The van der Waals surface area contributed by atoms with Crippen LogP contribution < -0.4 is 0 Å². The molecular formula is C12H11NS. The summed E-state index contributed by atoms with van der Waals surface area (Å²) < 4.78 is 0. The van der Waals surface area contributed by atoms with E-state index in [1.807, 2.05) is 23.7 Å². The Balaban J connectivity index is 2.46. The molecule has 0 fully saturated rings. The third-order valence-electron chi connectivity index (χ3n) is 2.04. The highest BCUT2D eigenvalue weighted by molar-refractivity contribution is 7.13. The van der Waals surface area contributed by atoms with E-state index in [2.05, 4.69) is 29.8 Å². The molecule has 2 rings (SSSR count). The summed E-state index contributed by atoms with van der Waals surface area (Å²) in [7, 11) is 0. The largest absolute Gasteiger partial charge is 0.245 e. The van der Waals surface area contributed by atoms with Crippen molar-refractivity contribution < 1.29 is 0 Å². The van der Waals surface area contributed by atoms with Crippen molar-refractivity contribution in [1.82, 2.24) is 4.98 Å². The highest BCUT2D eigenvalue weighted by Gasteiger charge is 2.04. The predicted octanol–water partition coefficient (Wildman–Crippen LogP) is 3.54. The average Bonchev–Trinajstić information content (AvgIpc) is 2.72. The summed E-state index contributed by atoms with van der Waals surface area (Å²) in [5.74, 6) is 0. The van der Waals surface area contributed by atoms with Crippen LogP contribution in [0.3, 0.4) is 0 Å². The van der Waals surface area contributed by atoms with Gasteiger partial charge in [-0.15, -0.1) is 17.9 Å². The molecule has 0 aliphatic rings. The van der Waals surface area contributed by atoms with Crippen LogP contribution in [0.1, 0.15) is 5.56 Å². The van der Waals surface area contributed by atoms with E-state index in [0.717, 1.165) is 11.4 Å². The summed E-state index contributed by atoms with van der Waals surface area (Å²) in [5.41, 5.74) is 2.51. The number of rotatable bonds is 3. The van der Waals surface area contributed by atoms with Gasteiger partial charge in [0.05, 0.1) is 0 Å². The fraction of sp³-hybridized carbons (Fsp3) is 0.0833. The Hall–Kier alpha value is -1.41. The van der Waals surface area contributed by atoms with Crippen LogP contribution in [-0.2, 0) is 6.42 Å². The lowest BCUT2D eigenvalue weighted by molar-refractivity contribution is 1.27. The van der Waals surface area contributed by atoms with Crippen LogP contribution in [-0.4, -0.2) is 4.98 Å². The summed E-state index contributed by atoms with van der Waals surface area (Å²) in [5, 5.41) is 3.09. The smallest absolute Gasteiger partial charge is 0.123 e. The zero-order chi connectivity index (χ0) is 9.80. The molecule has 0 radical (unpaired) electrons. The maximum absolute atomic E-state index is 4.31. The van der Waals surface area contributed by atoms with E-state index in [-0.39, 0.29) is 0 Å². The molecule has 0 amide bonds. The summed E-state index contributed by atoms with van der Waals surface area (Å²) >= 11 is 1.67. The van der Waals surface area contributed by atoms with Gasteiger partial charge in [-0.25, -0.2) is 4.98 Å². The number of thiazole rings is 1. The van der Waals surface area contributed by atoms with Crippen molar-refractivity contribution in [3.63, 3.8) is 0 Å². The first-order chi connectivity index (χ1) is 6.92. The van der Waals surface area contributed by atoms with Gasteiger partial charge in [0.15, 0.2) is 0 Å². The second-order valence-corrected chi connectivity index (χ2v) is 3.88. The quantitative estimate of drug-likeness (QED) is 0.692. The molecule has 0 aliphatic heterocycles. The van der Waals surface area contributed by atoms with Crippen molar-refractivity contribution >= 4 is 11.3 Å². The van der Waals surface area contributed by atoms with Crippen LogP contribution in [0.2, 0.25) is 0 Å². The fourth-order valence-electron chi connectivity index (χ4n) is 1.42. The third-order valence-corrected chi connectivity index (χ3v) is 2.85. The van der Waals surface area contributed by atoms with Gasteiger partial charge in [0.1, 0.15) is 5.01 Å². The van der Waals surface area contributed by atoms with Crippen molar-refractivity contribution in [2.24, 2.45) is 0 Å². The molecule has 0 saturated heterocycles. The first-order valence-electron chi connectivity index (χ1n) is 4.50. The van der Waals surface area contributed by atoms with E-state index in [1.165, 1.54) is 11.1 Å². The first-order valence-corrected chi connectivity index (χ1v) is 5.38. The van der Waals surface area contributed by atoms with Gasteiger partial charge in [0.2, 0.25) is 0 Å². The Kier molecular flexibility index (Phi) is 2.75. The van der Waals surface area contributed by atoms with E-state index in [4.69, 9.17) is 0 Å². The van der Waals surface area contributed by atoms with E-state index >= 15 is 0 Å². The molecule has 0 N–H and O–H groups in total. The Morgan fingerprint density at radius 3 is 2.93 bits per heavy atom. The molecule has 0 unspecified atom stereocenters. The topological polar surface area (TPSA) is 12.9 Å². The standard InChI is InChI=1S/C12H11NS/c1-2-5-10-6-3-4-7-11(10)12-13-8-9-14-12/h2-4,6-9H,1,5H2. The Labute approximate surface area is 87.8 Å². The van der Waals surface area contributed by atoms with E-state index < -0.39 is 0 Å². The van der Waals surface area contributed by atoms with E-state index in [9.17, 15) is 0 Å². The molecular weight excluding hydrogens is 190 g/mol. The summed E-state index contributed by atoms with van der Waals surface area (Å²) in [6.07, 6.45) is 4.66. The van der Waals surface area contributed by atoms with Gasteiger partial charge < -0.3 is 0 Å². The Morgan fingerprint density at radius 1 is 1.36 bits per heavy atom. The Morgan fingerprint density at radius 2 is 2.21 bits per heavy atom. The van der Waals surface area contributed by atoms with E-state index in [0.29, 0.717) is 0 Å². The summed E-state index contributed by atoms with van der Waals surface area (Å²) in [4.78, 5) is 4.31. The molecule has 70 valence electrons. The molecule has 0 aliphatic carbocycles. The van der Waals surface area contributed by atoms with Crippen LogP contribution in [0.25, 0.3) is 10.6 Å².